The molecule has 0 amide bonds. The van der Waals surface area contributed by atoms with E-state index in [0.29, 0.717) is 17.1 Å². The highest BCUT2D eigenvalue weighted by Gasteiger charge is 2.33. The lowest BCUT2D eigenvalue weighted by Gasteiger charge is -2.10. The number of hydrogen-bond acceptors (Lipinski definition) is 3. The Hall–Kier alpha value is -0.775. The molecule has 3 nitrogen and oxygen atoms in total. The van der Waals surface area contributed by atoms with Crippen LogP contribution in [0.5, 0.6) is 0 Å². The van der Waals surface area contributed by atoms with Crippen molar-refractivity contribution in [2.24, 2.45) is 0 Å². The van der Waals surface area contributed by atoms with Gasteiger partial charge in [-0.15, -0.1) is 0 Å². The fourth-order valence-corrected chi connectivity index (χ4v) is 1.94. The van der Waals surface area contributed by atoms with Gasteiger partial charge in [-0.2, -0.15) is 0 Å². The van der Waals surface area contributed by atoms with E-state index in [-0.39, 0.29) is 17.8 Å². The zero-order valence-corrected chi connectivity index (χ0v) is 8.94. The molecule has 1 heterocycles. The molecule has 1 aliphatic rings. The fourth-order valence-electron chi connectivity index (χ4n) is 1.66. The first-order chi connectivity index (χ1) is 7.15. The molecule has 1 aromatic rings. The van der Waals surface area contributed by atoms with Gasteiger partial charge < -0.3 is 15.0 Å². The van der Waals surface area contributed by atoms with Gasteiger partial charge in [0.2, 0.25) is 0 Å². The summed E-state index contributed by atoms with van der Waals surface area (Å²) >= 11 is 5.90. The van der Waals surface area contributed by atoms with E-state index in [9.17, 15) is 9.41 Å². The minimum atomic E-state index is -1.19. The molecule has 0 fully saturated rings. The predicted molar refractivity (Wildman–Crippen MR) is 58.0 cm³/mol. The number of halogens is 2. The van der Waals surface area contributed by atoms with E-state index in [0.717, 1.165) is 0 Å². The molecule has 1 aliphatic heterocycles. The minimum absolute atomic E-state index is 0.190. The lowest BCUT2D eigenvalue weighted by atomic mass is 9.78. The minimum Gasteiger partial charge on any atom is -0.423 e. The number of rotatable bonds is 2. The van der Waals surface area contributed by atoms with Crippen LogP contribution in [0.3, 0.4) is 0 Å². The number of fused-ring (bicyclic) bond motifs is 1. The van der Waals surface area contributed by atoms with Gasteiger partial charge in [-0.25, -0.2) is 4.39 Å². The van der Waals surface area contributed by atoms with Gasteiger partial charge in [0, 0.05) is 12.0 Å². The molecule has 0 atom stereocenters. The third-order valence-electron chi connectivity index (χ3n) is 2.34. The third kappa shape index (κ3) is 1.71. The highest BCUT2D eigenvalue weighted by Crippen LogP contribution is 2.28. The van der Waals surface area contributed by atoms with Gasteiger partial charge in [-0.3, -0.25) is 0 Å². The first kappa shape index (κ1) is 10.7. The van der Waals surface area contributed by atoms with Crippen LogP contribution in [0, 0.1) is 5.82 Å². The maximum atomic E-state index is 13.9. The molecule has 0 aromatic heterocycles. The van der Waals surface area contributed by atoms with Gasteiger partial charge in [-0.1, -0.05) is 11.6 Å². The van der Waals surface area contributed by atoms with Crippen LogP contribution < -0.4 is 10.8 Å². The summed E-state index contributed by atoms with van der Waals surface area (Å²) in [6.07, 6.45) is 0. The third-order valence-corrected chi connectivity index (χ3v) is 2.64. The molecule has 80 valence electrons. The molecular formula is C9H10BClFNO2. The number of anilines is 1. The molecule has 2 N–H and O–H groups in total. The molecule has 0 saturated carbocycles. The number of nitrogens with one attached hydrogen (secondary N) is 1. The number of hydrogen-bond donors (Lipinski definition) is 2. The molecule has 0 radical (unpaired) electrons. The summed E-state index contributed by atoms with van der Waals surface area (Å²) < 4.78 is 18.8. The molecule has 2 rings (SSSR count). The molecule has 0 spiro atoms. The van der Waals surface area contributed by atoms with Crippen LogP contribution >= 0.6 is 11.6 Å². The Morgan fingerprint density at radius 1 is 1.73 bits per heavy atom. The number of benzene rings is 1. The van der Waals surface area contributed by atoms with Crippen LogP contribution in [-0.4, -0.2) is 18.7 Å². The van der Waals surface area contributed by atoms with Gasteiger partial charge in [-0.05, 0) is 18.6 Å². The molecule has 1 aromatic carbocycles. The summed E-state index contributed by atoms with van der Waals surface area (Å²) in [5.41, 5.74) is 1.02. The Bertz CT molecular complexity index is 402. The summed E-state index contributed by atoms with van der Waals surface area (Å²) in [6.45, 7) is 2.60. The zero-order chi connectivity index (χ0) is 11.0. The van der Waals surface area contributed by atoms with Crippen LogP contribution in [0.15, 0.2) is 6.07 Å². The van der Waals surface area contributed by atoms with Crippen molar-refractivity contribution in [2.75, 3.05) is 11.9 Å². The molecule has 0 aliphatic carbocycles. The average molecular weight is 229 g/mol. The van der Waals surface area contributed by atoms with Gasteiger partial charge >= 0.3 is 7.12 Å². The standard InChI is InChI=1S/C9H10BClFNO2/c1-2-13-9-6(11)3-5-4-15-10(14)7(5)8(9)12/h3,13-14H,2,4H2,1H3. The van der Waals surface area contributed by atoms with E-state index >= 15 is 0 Å². The lowest BCUT2D eigenvalue weighted by molar-refractivity contribution is 0.275. The maximum absolute atomic E-state index is 13.9. The first-order valence-electron chi connectivity index (χ1n) is 4.69. The van der Waals surface area contributed by atoms with Gasteiger partial charge in [0.05, 0.1) is 17.3 Å². The van der Waals surface area contributed by atoms with Crippen molar-refractivity contribution in [3.05, 3.63) is 22.5 Å². The van der Waals surface area contributed by atoms with Gasteiger partial charge in [0.1, 0.15) is 5.82 Å². The van der Waals surface area contributed by atoms with Crippen molar-refractivity contribution < 1.29 is 14.1 Å². The fraction of sp³-hybridized carbons (Fsp3) is 0.333. The maximum Gasteiger partial charge on any atom is 0.494 e. The van der Waals surface area contributed by atoms with Gasteiger partial charge in [0.15, 0.2) is 0 Å². The Kier molecular flexibility index (Phi) is 2.86. The average Bonchev–Trinajstić information content (AvgIpc) is 2.54. The van der Waals surface area contributed by atoms with Crippen LogP contribution in [0.25, 0.3) is 0 Å². The van der Waals surface area contributed by atoms with E-state index in [1.165, 1.54) is 0 Å². The van der Waals surface area contributed by atoms with Crippen LogP contribution in [0.4, 0.5) is 10.1 Å². The summed E-state index contributed by atoms with van der Waals surface area (Å²) in [7, 11) is -1.19. The summed E-state index contributed by atoms with van der Waals surface area (Å²) in [5, 5.41) is 12.5. The van der Waals surface area contributed by atoms with Crippen molar-refractivity contribution in [1.82, 2.24) is 0 Å². The first-order valence-corrected chi connectivity index (χ1v) is 5.07. The van der Waals surface area contributed by atoms with Crippen LogP contribution in [0.1, 0.15) is 12.5 Å². The molecular weight excluding hydrogens is 219 g/mol. The largest absolute Gasteiger partial charge is 0.494 e. The van der Waals surface area contributed by atoms with Gasteiger partial charge in [0.25, 0.3) is 0 Å². The molecule has 0 saturated heterocycles. The van der Waals surface area contributed by atoms with Crippen molar-refractivity contribution in [3.8, 4) is 0 Å². The molecule has 0 unspecified atom stereocenters. The van der Waals surface area contributed by atoms with Crippen molar-refractivity contribution in [2.45, 2.75) is 13.5 Å². The van der Waals surface area contributed by atoms with Crippen molar-refractivity contribution >= 4 is 29.9 Å². The second-order valence-electron chi connectivity index (χ2n) is 3.31. The second kappa shape index (κ2) is 4.00. The molecule has 0 bridgehead atoms. The topological polar surface area (TPSA) is 41.5 Å². The summed E-state index contributed by atoms with van der Waals surface area (Å²) in [4.78, 5) is 0. The summed E-state index contributed by atoms with van der Waals surface area (Å²) in [5.74, 6) is -0.524. The smallest absolute Gasteiger partial charge is 0.423 e. The van der Waals surface area contributed by atoms with E-state index in [2.05, 4.69) is 5.32 Å². The monoisotopic (exact) mass is 229 g/mol. The van der Waals surface area contributed by atoms with E-state index in [4.69, 9.17) is 16.3 Å². The van der Waals surface area contributed by atoms with E-state index in [1.807, 2.05) is 6.92 Å². The van der Waals surface area contributed by atoms with Crippen LogP contribution in [0.2, 0.25) is 5.02 Å². The Balaban J connectivity index is 2.55. The molecule has 15 heavy (non-hydrogen) atoms. The SMILES string of the molecule is CCNc1c(Cl)cc2c(c1F)B(O)OC2. The normalized spacial score (nSPS) is 14.3. The Morgan fingerprint density at radius 2 is 2.47 bits per heavy atom. The quantitative estimate of drug-likeness (QED) is 0.747. The zero-order valence-electron chi connectivity index (χ0n) is 8.18. The van der Waals surface area contributed by atoms with E-state index < -0.39 is 12.9 Å². The van der Waals surface area contributed by atoms with Crippen LogP contribution in [-0.2, 0) is 11.3 Å². The van der Waals surface area contributed by atoms with Crippen molar-refractivity contribution in [1.29, 1.82) is 0 Å². The Labute approximate surface area is 92.3 Å². The highest BCUT2D eigenvalue weighted by molar-refractivity contribution is 6.62. The molecule has 6 heteroatoms. The second-order valence-corrected chi connectivity index (χ2v) is 3.72. The van der Waals surface area contributed by atoms with E-state index in [1.54, 1.807) is 6.07 Å². The predicted octanol–water partition coefficient (Wildman–Crippen LogP) is 1.13. The highest BCUT2D eigenvalue weighted by atomic mass is 35.5. The Morgan fingerprint density at radius 3 is 3.13 bits per heavy atom. The lowest BCUT2D eigenvalue weighted by Crippen LogP contribution is -2.32. The van der Waals surface area contributed by atoms with Crippen molar-refractivity contribution in [3.63, 3.8) is 0 Å². The summed E-state index contributed by atoms with van der Waals surface area (Å²) in [6, 6.07) is 1.62.